The average Bonchev–Trinajstić information content (AvgIpc) is 3.33. The maximum atomic E-state index is 12.0. The fourth-order valence-corrected chi connectivity index (χ4v) is 3.84. The first-order chi connectivity index (χ1) is 13.1. The quantitative estimate of drug-likeness (QED) is 0.494. The summed E-state index contributed by atoms with van der Waals surface area (Å²) in [6, 6.07) is 11.2. The molecule has 11 heteroatoms. The van der Waals surface area contributed by atoms with E-state index in [1.807, 2.05) is 35.7 Å². The van der Waals surface area contributed by atoms with Gasteiger partial charge in [-0.3, -0.25) is 9.59 Å². The monoisotopic (exact) mass is 466 g/mol. The number of nitrogens with one attached hydrogen (secondary N) is 2. The summed E-state index contributed by atoms with van der Waals surface area (Å²) >= 11 is 6.19. The summed E-state index contributed by atoms with van der Waals surface area (Å²) in [6.45, 7) is 0.448. The molecule has 0 aliphatic heterocycles. The first kappa shape index (κ1) is 19.5. The van der Waals surface area contributed by atoms with Crippen LogP contribution in [0.5, 0.6) is 0 Å². The number of benzene rings is 1. The molecule has 140 valence electrons. The standard InChI is InChI=1S/C16H15BrN6O2S2/c17-12-5-1-2-6-13(12)19-14(24)8-18-15(25)10-27-16-20-21-22-23(16)9-11-4-3-7-26-11/h1-7H,8-10H2,(H,18,25)(H,19,24). The molecule has 2 heterocycles. The van der Waals surface area contributed by atoms with E-state index in [1.165, 1.54) is 11.8 Å². The van der Waals surface area contributed by atoms with Crippen LogP contribution in [0, 0.1) is 0 Å². The predicted octanol–water partition coefficient (Wildman–Crippen LogP) is 2.39. The number of anilines is 1. The Balaban J connectivity index is 1.43. The molecule has 0 spiro atoms. The molecule has 27 heavy (non-hydrogen) atoms. The fraction of sp³-hybridized carbons (Fsp3) is 0.188. The number of amides is 2. The average molecular weight is 467 g/mol. The summed E-state index contributed by atoms with van der Waals surface area (Å²) in [5, 5.41) is 19.4. The molecule has 0 aliphatic carbocycles. The van der Waals surface area contributed by atoms with E-state index in [-0.39, 0.29) is 24.1 Å². The maximum Gasteiger partial charge on any atom is 0.243 e. The lowest BCUT2D eigenvalue weighted by Crippen LogP contribution is -2.34. The third-order valence-electron chi connectivity index (χ3n) is 3.31. The molecule has 1 aromatic carbocycles. The summed E-state index contributed by atoms with van der Waals surface area (Å²) in [6.07, 6.45) is 0. The van der Waals surface area contributed by atoms with E-state index in [0.29, 0.717) is 17.4 Å². The van der Waals surface area contributed by atoms with Crippen LogP contribution in [0.1, 0.15) is 4.88 Å². The number of thiophene rings is 1. The summed E-state index contributed by atoms with van der Waals surface area (Å²) in [7, 11) is 0. The van der Waals surface area contributed by atoms with Crippen LogP contribution < -0.4 is 10.6 Å². The molecular weight excluding hydrogens is 452 g/mol. The highest BCUT2D eigenvalue weighted by Crippen LogP contribution is 2.21. The summed E-state index contributed by atoms with van der Waals surface area (Å²) in [5.41, 5.74) is 0.652. The summed E-state index contributed by atoms with van der Waals surface area (Å²) < 4.78 is 2.42. The minimum atomic E-state index is -0.303. The van der Waals surface area contributed by atoms with E-state index >= 15 is 0 Å². The minimum absolute atomic E-state index is 0.110. The number of thioether (sulfide) groups is 1. The van der Waals surface area contributed by atoms with Crippen LogP contribution in [0.3, 0.4) is 0 Å². The van der Waals surface area contributed by atoms with Crippen molar-refractivity contribution in [2.75, 3.05) is 17.6 Å². The number of halogens is 1. The first-order valence-corrected chi connectivity index (χ1v) is 10.5. The topological polar surface area (TPSA) is 102 Å². The zero-order valence-electron chi connectivity index (χ0n) is 14.0. The molecule has 0 atom stereocenters. The van der Waals surface area contributed by atoms with Crippen LogP contribution in [0.2, 0.25) is 0 Å². The van der Waals surface area contributed by atoms with Gasteiger partial charge in [0.25, 0.3) is 0 Å². The number of carbonyl (C=O) groups is 2. The van der Waals surface area contributed by atoms with E-state index in [0.717, 1.165) is 9.35 Å². The molecular formula is C16H15BrN6O2S2. The van der Waals surface area contributed by atoms with Gasteiger partial charge in [-0.15, -0.1) is 16.4 Å². The number of nitrogens with zero attached hydrogens (tertiary/aromatic N) is 4. The van der Waals surface area contributed by atoms with Gasteiger partial charge < -0.3 is 10.6 Å². The molecule has 8 nitrogen and oxygen atoms in total. The van der Waals surface area contributed by atoms with E-state index < -0.39 is 0 Å². The normalized spacial score (nSPS) is 10.6. The van der Waals surface area contributed by atoms with Gasteiger partial charge in [-0.05, 0) is 49.9 Å². The van der Waals surface area contributed by atoms with Crippen molar-refractivity contribution in [1.82, 2.24) is 25.5 Å². The Kier molecular flexibility index (Phi) is 6.96. The molecule has 0 fully saturated rings. The number of aromatic nitrogens is 4. The summed E-state index contributed by atoms with van der Waals surface area (Å²) in [4.78, 5) is 25.1. The Hall–Kier alpha value is -2.24. The molecule has 0 saturated carbocycles. The molecule has 3 aromatic rings. The largest absolute Gasteiger partial charge is 0.346 e. The first-order valence-electron chi connectivity index (χ1n) is 7.84. The van der Waals surface area contributed by atoms with E-state index in [1.54, 1.807) is 22.1 Å². The predicted molar refractivity (Wildman–Crippen MR) is 108 cm³/mol. The third-order valence-corrected chi connectivity index (χ3v) is 5.82. The lowest BCUT2D eigenvalue weighted by atomic mass is 10.3. The zero-order chi connectivity index (χ0) is 19.1. The van der Waals surface area contributed by atoms with Crippen LogP contribution in [0.15, 0.2) is 51.4 Å². The number of carbonyl (C=O) groups excluding carboxylic acids is 2. The second kappa shape index (κ2) is 9.62. The Labute approximate surface area is 171 Å². The second-order valence-electron chi connectivity index (χ2n) is 5.29. The van der Waals surface area contributed by atoms with E-state index in [9.17, 15) is 9.59 Å². The SMILES string of the molecule is O=C(CSc1nnnn1Cc1cccs1)NCC(=O)Nc1ccccc1Br. The van der Waals surface area contributed by atoms with Gasteiger partial charge in [0.2, 0.25) is 17.0 Å². The van der Waals surface area contributed by atoms with Crippen LogP contribution in [0.4, 0.5) is 5.69 Å². The van der Waals surface area contributed by atoms with E-state index in [2.05, 4.69) is 42.1 Å². The van der Waals surface area contributed by atoms with E-state index in [4.69, 9.17) is 0 Å². The molecule has 0 aliphatic rings. The van der Waals surface area contributed by atoms with Crippen molar-refractivity contribution in [3.05, 3.63) is 51.1 Å². The molecule has 0 unspecified atom stereocenters. The number of para-hydroxylation sites is 1. The van der Waals surface area contributed by atoms with Gasteiger partial charge in [0.1, 0.15) is 0 Å². The molecule has 2 aromatic heterocycles. The van der Waals surface area contributed by atoms with Crippen molar-refractivity contribution < 1.29 is 9.59 Å². The van der Waals surface area contributed by atoms with Crippen molar-refractivity contribution in [2.45, 2.75) is 11.7 Å². The molecule has 0 saturated heterocycles. The lowest BCUT2D eigenvalue weighted by molar-refractivity contribution is -0.122. The van der Waals surface area contributed by atoms with Crippen LogP contribution in [-0.2, 0) is 16.1 Å². The van der Waals surface area contributed by atoms with Crippen LogP contribution in [0.25, 0.3) is 0 Å². The summed E-state index contributed by atoms with van der Waals surface area (Å²) in [5.74, 6) is -0.455. The Morgan fingerprint density at radius 1 is 1.19 bits per heavy atom. The number of hydrogen-bond donors (Lipinski definition) is 2. The second-order valence-corrected chi connectivity index (χ2v) is 8.12. The highest BCUT2D eigenvalue weighted by Gasteiger charge is 2.12. The van der Waals surface area contributed by atoms with Gasteiger partial charge in [0.15, 0.2) is 0 Å². The van der Waals surface area contributed by atoms with Gasteiger partial charge in [0, 0.05) is 9.35 Å². The lowest BCUT2D eigenvalue weighted by Gasteiger charge is -2.08. The highest BCUT2D eigenvalue weighted by molar-refractivity contribution is 9.10. The minimum Gasteiger partial charge on any atom is -0.346 e. The van der Waals surface area contributed by atoms with Crippen molar-refractivity contribution in [2.24, 2.45) is 0 Å². The Morgan fingerprint density at radius 3 is 2.81 bits per heavy atom. The Bertz CT molecular complexity index is 915. The maximum absolute atomic E-state index is 12.0. The molecule has 2 amide bonds. The van der Waals surface area contributed by atoms with Gasteiger partial charge in [0.05, 0.1) is 24.5 Å². The third kappa shape index (κ3) is 5.88. The van der Waals surface area contributed by atoms with Crippen molar-refractivity contribution >= 4 is 56.5 Å². The number of tetrazole rings is 1. The van der Waals surface area contributed by atoms with Gasteiger partial charge in [-0.1, -0.05) is 30.0 Å². The van der Waals surface area contributed by atoms with Crippen LogP contribution in [-0.4, -0.2) is 44.3 Å². The number of hydrogen-bond acceptors (Lipinski definition) is 7. The highest BCUT2D eigenvalue weighted by atomic mass is 79.9. The van der Waals surface area contributed by atoms with Crippen molar-refractivity contribution in [3.8, 4) is 0 Å². The molecule has 2 N–H and O–H groups in total. The van der Waals surface area contributed by atoms with Gasteiger partial charge >= 0.3 is 0 Å². The van der Waals surface area contributed by atoms with Crippen molar-refractivity contribution in [1.29, 1.82) is 0 Å². The molecule has 0 bridgehead atoms. The number of rotatable bonds is 8. The zero-order valence-corrected chi connectivity index (χ0v) is 17.2. The van der Waals surface area contributed by atoms with Gasteiger partial charge in [-0.25, -0.2) is 4.68 Å². The van der Waals surface area contributed by atoms with Crippen LogP contribution >= 0.6 is 39.0 Å². The Morgan fingerprint density at radius 2 is 2.04 bits per heavy atom. The smallest absolute Gasteiger partial charge is 0.243 e. The van der Waals surface area contributed by atoms with Gasteiger partial charge in [-0.2, -0.15) is 0 Å². The van der Waals surface area contributed by atoms with Crippen molar-refractivity contribution in [3.63, 3.8) is 0 Å². The molecule has 3 rings (SSSR count). The molecule has 0 radical (unpaired) electrons. The fourth-order valence-electron chi connectivity index (χ4n) is 2.07.